The molecule has 1 aromatic rings. The predicted octanol–water partition coefficient (Wildman–Crippen LogP) is 2.13. The van der Waals surface area contributed by atoms with Gasteiger partial charge in [0.25, 0.3) is 0 Å². The Hall–Kier alpha value is -2.05. The minimum Gasteiger partial charge on any atom is -0.466 e. The third-order valence-electron chi connectivity index (χ3n) is 2.08. The minimum absolute atomic E-state index is 0.0704. The Balaban J connectivity index is 3.16. The number of carbonyl (C=O) groups excluding carboxylic acids is 2. The molecule has 0 aliphatic heterocycles. The zero-order valence-corrected chi connectivity index (χ0v) is 10.3. The first-order chi connectivity index (χ1) is 8.86. The summed E-state index contributed by atoms with van der Waals surface area (Å²) >= 11 is 0. The van der Waals surface area contributed by atoms with E-state index in [0.29, 0.717) is 6.07 Å². The van der Waals surface area contributed by atoms with Crippen LogP contribution in [0.3, 0.4) is 0 Å². The van der Waals surface area contributed by atoms with Crippen LogP contribution in [0, 0.1) is 17.5 Å². The molecule has 7 heteroatoms. The number of hydrogen-bond acceptors (Lipinski definition) is 4. The summed E-state index contributed by atoms with van der Waals surface area (Å²) in [6.45, 7) is 2.53. The van der Waals surface area contributed by atoms with Crippen LogP contribution in [0.1, 0.15) is 19.4 Å². The number of ether oxygens (including phenoxy) is 2. The molecule has 0 saturated heterocycles. The third-order valence-corrected chi connectivity index (χ3v) is 2.08. The number of halogens is 3. The fraction of sp³-hybridized carbons (Fsp3) is 0.333. The molecule has 0 fully saturated rings. The van der Waals surface area contributed by atoms with E-state index < -0.39 is 47.1 Å². The summed E-state index contributed by atoms with van der Waals surface area (Å²) in [6.07, 6.45) is -0.592. The molecule has 19 heavy (non-hydrogen) atoms. The van der Waals surface area contributed by atoms with E-state index in [4.69, 9.17) is 0 Å². The Labute approximate surface area is 107 Å². The third kappa shape index (κ3) is 3.70. The van der Waals surface area contributed by atoms with E-state index in [1.165, 1.54) is 0 Å². The number of rotatable bonds is 4. The van der Waals surface area contributed by atoms with Crippen LogP contribution in [0.4, 0.5) is 13.2 Å². The summed E-state index contributed by atoms with van der Waals surface area (Å²) in [5.41, 5.74) is -0.450. The molecule has 0 amide bonds. The molecule has 0 saturated carbocycles. The normalized spacial score (nSPS) is 10.2. The molecule has 1 rings (SSSR count). The Morgan fingerprint density at radius 3 is 2.37 bits per heavy atom. The van der Waals surface area contributed by atoms with E-state index in [-0.39, 0.29) is 6.61 Å². The molecule has 0 unspecified atom stereocenters. The van der Waals surface area contributed by atoms with Gasteiger partial charge in [-0.05, 0) is 13.0 Å². The SMILES string of the molecule is CCOC(=O)Cc1cc(F)c(F)c(OC(C)=O)c1F. The maximum absolute atomic E-state index is 13.8. The van der Waals surface area contributed by atoms with Gasteiger partial charge < -0.3 is 9.47 Å². The summed E-state index contributed by atoms with van der Waals surface area (Å²) in [4.78, 5) is 21.9. The highest BCUT2D eigenvalue weighted by Crippen LogP contribution is 2.28. The van der Waals surface area contributed by atoms with E-state index in [9.17, 15) is 22.8 Å². The van der Waals surface area contributed by atoms with Gasteiger partial charge in [-0.3, -0.25) is 9.59 Å². The molecule has 0 spiro atoms. The summed E-state index contributed by atoms with van der Waals surface area (Å²) < 4.78 is 49.1. The van der Waals surface area contributed by atoms with Crippen LogP contribution in [-0.2, 0) is 20.7 Å². The molecule has 0 N–H and O–H groups in total. The lowest BCUT2D eigenvalue weighted by atomic mass is 10.1. The lowest BCUT2D eigenvalue weighted by molar-refractivity contribution is -0.142. The summed E-state index contributed by atoms with van der Waals surface area (Å²) in [7, 11) is 0. The highest BCUT2D eigenvalue weighted by molar-refractivity contribution is 5.73. The van der Waals surface area contributed by atoms with Crippen molar-refractivity contribution in [1.82, 2.24) is 0 Å². The van der Waals surface area contributed by atoms with Gasteiger partial charge in [0.1, 0.15) is 0 Å². The molecule has 0 bridgehead atoms. The molecule has 0 aliphatic carbocycles. The van der Waals surface area contributed by atoms with Gasteiger partial charge in [0.05, 0.1) is 13.0 Å². The summed E-state index contributed by atoms with van der Waals surface area (Å²) in [6, 6.07) is 0.522. The molecular formula is C12H11F3O4. The van der Waals surface area contributed by atoms with Crippen molar-refractivity contribution in [1.29, 1.82) is 0 Å². The Bertz CT molecular complexity index is 514. The van der Waals surface area contributed by atoms with Crippen LogP contribution in [0.5, 0.6) is 5.75 Å². The molecule has 0 aromatic heterocycles. The van der Waals surface area contributed by atoms with Crippen molar-refractivity contribution >= 4 is 11.9 Å². The molecule has 0 radical (unpaired) electrons. The van der Waals surface area contributed by atoms with Gasteiger partial charge in [-0.2, -0.15) is 4.39 Å². The topological polar surface area (TPSA) is 52.6 Å². The standard InChI is InChI=1S/C12H11F3O4/c1-3-18-9(17)5-7-4-8(13)11(15)12(10(7)14)19-6(2)16/h4H,3,5H2,1-2H3. The van der Waals surface area contributed by atoms with Crippen molar-refractivity contribution in [2.24, 2.45) is 0 Å². The minimum atomic E-state index is -1.62. The number of esters is 2. The van der Waals surface area contributed by atoms with Crippen molar-refractivity contribution < 1.29 is 32.2 Å². The largest absolute Gasteiger partial charge is 0.466 e. The number of benzene rings is 1. The number of hydrogen-bond donors (Lipinski definition) is 0. The highest BCUT2D eigenvalue weighted by atomic mass is 19.2. The zero-order chi connectivity index (χ0) is 14.6. The van der Waals surface area contributed by atoms with Crippen molar-refractivity contribution in [3.8, 4) is 5.75 Å². The first-order valence-electron chi connectivity index (χ1n) is 5.37. The van der Waals surface area contributed by atoms with Crippen molar-refractivity contribution in [2.45, 2.75) is 20.3 Å². The Morgan fingerprint density at radius 1 is 1.21 bits per heavy atom. The van der Waals surface area contributed by atoms with Gasteiger partial charge >= 0.3 is 11.9 Å². The Kier molecular flexibility index (Phi) is 4.91. The fourth-order valence-electron chi connectivity index (χ4n) is 1.36. The predicted molar refractivity (Wildman–Crippen MR) is 58.0 cm³/mol. The average Bonchev–Trinajstić information content (AvgIpc) is 2.31. The maximum Gasteiger partial charge on any atom is 0.310 e. The van der Waals surface area contributed by atoms with E-state index in [2.05, 4.69) is 9.47 Å². The first kappa shape index (κ1) is 15.0. The summed E-state index contributed by atoms with van der Waals surface area (Å²) in [5.74, 6) is -7.32. The van der Waals surface area contributed by atoms with Crippen LogP contribution in [-0.4, -0.2) is 18.5 Å². The van der Waals surface area contributed by atoms with Gasteiger partial charge in [0.2, 0.25) is 11.6 Å². The average molecular weight is 276 g/mol. The van der Waals surface area contributed by atoms with E-state index in [1.807, 2.05) is 0 Å². The molecule has 1 aromatic carbocycles. The smallest absolute Gasteiger partial charge is 0.310 e. The van der Waals surface area contributed by atoms with Gasteiger partial charge in [-0.1, -0.05) is 0 Å². The van der Waals surface area contributed by atoms with Crippen LogP contribution < -0.4 is 4.74 Å². The maximum atomic E-state index is 13.8. The lowest BCUT2D eigenvalue weighted by Gasteiger charge is -2.09. The van der Waals surface area contributed by atoms with E-state index >= 15 is 0 Å². The van der Waals surface area contributed by atoms with Crippen molar-refractivity contribution in [3.63, 3.8) is 0 Å². The zero-order valence-electron chi connectivity index (χ0n) is 10.3. The highest BCUT2D eigenvalue weighted by Gasteiger charge is 2.23. The summed E-state index contributed by atoms with van der Waals surface area (Å²) in [5, 5.41) is 0. The molecule has 0 aliphatic rings. The second kappa shape index (κ2) is 6.21. The quantitative estimate of drug-likeness (QED) is 0.480. The second-order valence-electron chi connectivity index (χ2n) is 3.55. The second-order valence-corrected chi connectivity index (χ2v) is 3.55. The van der Waals surface area contributed by atoms with Crippen LogP contribution in [0.25, 0.3) is 0 Å². The molecule has 104 valence electrons. The first-order valence-corrected chi connectivity index (χ1v) is 5.37. The lowest BCUT2D eigenvalue weighted by Crippen LogP contribution is -2.12. The molecule has 0 heterocycles. The van der Waals surface area contributed by atoms with Crippen molar-refractivity contribution in [3.05, 3.63) is 29.1 Å². The van der Waals surface area contributed by atoms with E-state index in [1.54, 1.807) is 6.92 Å². The Morgan fingerprint density at radius 2 is 1.84 bits per heavy atom. The van der Waals surface area contributed by atoms with Gasteiger partial charge in [0.15, 0.2) is 11.6 Å². The fourth-order valence-corrected chi connectivity index (χ4v) is 1.36. The van der Waals surface area contributed by atoms with Crippen LogP contribution in [0.15, 0.2) is 6.07 Å². The molecular weight excluding hydrogens is 265 g/mol. The molecule has 0 atom stereocenters. The monoisotopic (exact) mass is 276 g/mol. The number of carbonyl (C=O) groups is 2. The molecule has 4 nitrogen and oxygen atoms in total. The van der Waals surface area contributed by atoms with Gasteiger partial charge in [0, 0.05) is 12.5 Å². The van der Waals surface area contributed by atoms with Gasteiger partial charge in [-0.15, -0.1) is 0 Å². The van der Waals surface area contributed by atoms with Gasteiger partial charge in [-0.25, -0.2) is 8.78 Å². The van der Waals surface area contributed by atoms with Crippen LogP contribution >= 0.6 is 0 Å². The van der Waals surface area contributed by atoms with E-state index in [0.717, 1.165) is 6.92 Å². The van der Waals surface area contributed by atoms with Crippen molar-refractivity contribution in [2.75, 3.05) is 6.61 Å². The van der Waals surface area contributed by atoms with Crippen LogP contribution in [0.2, 0.25) is 0 Å².